The molecule has 144 valence electrons. The molecule has 0 bridgehead atoms. The van der Waals surface area contributed by atoms with Gasteiger partial charge in [0.05, 0.1) is 17.6 Å². The number of nitrogens with zero attached hydrogens (tertiary/aromatic N) is 1. The van der Waals surface area contributed by atoms with Gasteiger partial charge in [0.25, 0.3) is 0 Å². The topological polar surface area (TPSA) is 75.7 Å². The fourth-order valence-corrected chi connectivity index (χ4v) is 4.49. The summed E-state index contributed by atoms with van der Waals surface area (Å²) in [5.41, 5.74) is 1.69. The average Bonchev–Trinajstić information content (AvgIpc) is 2.68. The second kappa shape index (κ2) is 8.65. The van der Waals surface area contributed by atoms with Crippen LogP contribution in [0.2, 0.25) is 0 Å². The molecule has 1 unspecified atom stereocenters. The molecule has 2 aromatic carbocycles. The van der Waals surface area contributed by atoms with Crippen molar-refractivity contribution in [3.63, 3.8) is 0 Å². The second-order valence-corrected chi connectivity index (χ2v) is 8.54. The quantitative estimate of drug-likeness (QED) is 0.826. The minimum atomic E-state index is -3.55. The van der Waals surface area contributed by atoms with Crippen LogP contribution in [-0.2, 0) is 26.0 Å². The van der Waals surface area contributed by atoms with Crippen LogP contribution in [0.25, 0.3) is 0 Å². The van der Waals surface area contributed by atoms with Gasteiger partial charge in [0, 0.05) is 25.2 Å². The first kappa shape index (κ1) is 19.5. The molecule has 1 amide bonds. The molecule has 3 rings (SSSR count). The first-order valence-corrected chi connectivity index (χ1v) is 10.4. The first-order valence-electron chi connectivity index (χ1n) is 9.01. The van der Waals surface area contributed by atoms with Gasteiger partial charge in [0.1, 0.15) is 0 Å². The third kappa shape index (κ3) is 5.15. The molecule has 1 fully saturated rings. The zero-order valence-electron chi connectivity index (χ0n) is 15.3. The van der Waals surface area contributed by atoms with Crippen LogP contribution in [0.1, 0.15) is 18.9 Å². The molecule has 1 N–H and O–H groups in total. The first-order chi connectivity index (χ1) is 12.9. The molecule has 0 aromatic heterocycles. The van der Waals surface area contributed by atoms with E-state index in [2.05, 4.69) is 5.32 Å². The fourth-order valence-electron chi connectivity index (χ4n) is 2.99. The maximum absolute atomic E-state index is 12.7. The molecule has 1 heterocycles. The third-order valence-corrected chi connectivity index (χ3v) is 6.34. The van der Waals surface area contributed by atoms with Gasteiger partial charge in [-0.15, -0.1) is 0 Å². The van der Waals surface area contributed by atoms with Crippen molar-refractivity contribution in [1.82, 2.24) is 4.31 Å². The van der Waals surface area contributed by atoms with Crippen molar-refractivity contribution in [3.8, 4) is 0 Å². The number of hydrogen-bond donors (Lipinski definition) is 1. The molecule has 7 heteroatoms. The second-order valence-electron chi connectivity index (χ2n) is 6.60. The molecule has 0 aliphatic carbocycles. The predicted octanol–water partition coefficient (Wildman–Crippen LogP) is 2.67. The van der Waals surface area contributed by atoms with Crippen LogP contribution < -0.4 is 5.32 Å². The summed E-state index contributed by atoms with van der Waals surface area (Å²) in [4.78, 5) is 12.3. The minimum absolute atomic E-state index is 0.100. The maximum atomic E-state index is 12.7. The Morgan fingerprint density at radius 1 is 1.15 bits per heavy atom. The van der Waals surface area contributed by atoms with Crippen LogP contribution in [-0.4, -0.2) is 44.4 Å². The number of ether oxygens (including phenoxy) is 1. The highest BCUT2D eigenvalue weighted by Gasteiger charge is 2.28. The minimum Gasteiger partial charge on any atom is -0.376 e. The number of hydrogen-bond acceptors (Lipinski definition) is 4. The highest BCUT2D eigenvalue weighted by molar-refractivity contribution is 7.89. The summed E-state index contributed by atoms with van der Waals surface area (Å²) < 4.78 is 32.3. The van der Waals surface area contributed by atoms with E-state index in [9.17, 15) is 13.2 Å². The molecule has 1 aliphatic heterocycles. The molecule has 1 atom stereocenters. The van der Waals surface area contributed by atoms with Crippen molar-refractivity contribution >= 4 is 21.6 Å². The monoisotopic (exact) mass is 388 g/mol. The van der Waals surface area contributed by atoms with Crippen molar-refractivity contribution in [2.24, 2.45) is 0 Å². The molecule has 1 saturated heterocycles. The van der Waals surface area contributed by atoms with Crippen molar-refractivity contribution < 1.29 is 17.9 Å². The number of benzene rings is 2. The van der Waals surface area contributed by atoms with Gasteiger partial charge >= 0.3 is 0 Å². The highest BCUT2D eigenvalue weighted by Crippen LogP contribution is 2.21. The summed E-state index contributed by atoms with van der Waals surface area (Å²) in [6.45, 7) is 2.96. The van der Waals surface area contributed by atoms with Crippen LogP contribution in [0.3, 0.4) is 0 Å². The largest absolute Gasteiger partial charge is 0.376 e. The summed E-state index contributed by atoms with van der Waals surface area (Å²) in [6.07, 6.45) is 0.918. The van der Waals surface area contributed by atoms with Gasteiger partial charge in [-0.25, -0.2) is 8.42 Å². The Morgan fingerprint density at radius 2 is 1.85 bits per heavy atom. The van der Waals surface area contributed by atoms with Gasteiger partial charge in [0.2, 0.25) is 15.9 Å². The third-order valence-electron chi connectivity index (χ3n) is 4.46. The van der Waals surface area contributed by atoms with Gasteiger partial charge in [-0.05, 0) is 43.2 Å². The van der Waals surface area contributed by atoms with Crippen LogP contribution >= 0.6 is 0 Å². The zero-order valence-corrected chi connectivity index (χ0v) is 16.1. The van der Waals surface area contributed by atoms with E-state index in [0.717, 1.165) is 5.56 Å². The molecular formula is C20H24N2O4S. The lowest BCUT2D eigenvalue weighted by Gasteiger charge is -2.30. The number of aryl methyl sites for hydroxylation is 1. The van der Waals surface area contributed by atoms with Crippen molar-refractivity contribution in [2.75, 3.05) is 25.0 Å². The normalized spacial score (nSPS) is 18.2. The molecule has 0 saturated carbocycles. The van der Waals surface area contributed by atoms with Gasteiger partial charge in [0.15, 0.2) is 0 Å². The van der Waals surface area contributed by atoms with Crippen molar-refractivity contribution in [1.29, 1.82) is 0 Å². The smallest absolute Gasteiger partial charge is 0.243 e. The molecule has 0 radical (unpaired) electrons. The number of carbonyl (C=O) groups excluding carboxylic acids is 1. The summed E-state index contributed by atoms with van der Waals surface area (Å²) in [5.74, 6) is -0.100. The van der Waals surface area contributed by atoms with Crippen LogP contribution in [0.5, 0.6) is 0 Å². The Bertz CT molecular complexity index is 867. The Kier molecular flexibility index (Phi) is 6.26. The summed E-state index contributed by atoms with van der Waals surface area (Å²) in [5, 5.41) is 2.81. The fraction of sp³-hybridized carbons (Fsp3) is 0.350. The Balaban J connectivity index is 1.59. The molecule has 6 nitrogen and oxygen atoms in total. The lowest BCUT2D eigenvalue weighted by Crippen LogP contribution is -2.44. The SMILES string of the molecule is CC1CN(S(=O)(=O)c2ccc(NC(=O)CCc3ccccc3)cc2)CCO1. The number of nitrogens with one attached hydrogen (secondary N) is 1. The number of rotatable bonds is 6. The molecule has 2 aromatic rings. The lowest BCUT2D eigenvalue weighted by atomic mass is 10.1. The van der Waals surface area contributed by atoms with E-state index in [1.165, 1.54) is 16.4 Å². The number of amides is 1. The van der Waals surface area contributed by atoms with Crippen molar-refractivity contribution in [3.05, 3.63) is 60.2 Å². The summed E-state index contributed by atoms with van der Waals surface area (Å²) in [7, 11) is -3.55. The van der Waals surface area contributed by atoms with E-state index in [0.29, 0.717) is 38.2 Å². The Hall–Kier alpha value is -2.22. The van der Waals surface area contributed by atoms with E-state index in [-0.39, 0.29) is 16.9 Å². The van der Waals surface area contributed by atoms with E-state index in [1.54, 1.807) is 12.1 Å². The van der Waals surface area contributed by atoms with Gasteiger partial charge in [-0.2, -0.15) is 4.31 Å². The standard InChI is InChI=1S/C20H24N2O4S/c1-16-15-22(13-14-26-16)27(24,25)19-10-8-18(9-11-19)21-20(23)12-7-17-5-3-2-4-6-17/h2-6,8-11,16H,7,12-15H2,1H3,(H,21,23). The molecule has 27 heavy (non-hydrogen) atoms. The van der Waals surface area contributed by atoms with Crippen LogP contribution in [0.4, 0.5) is 5.69 Å². The van der Waals surface area contributed by atoms with E-state index < -0.39 is 10.0 Å². The zero-order chi connectivity index (χ0) is 19.3. The Labute approximate surface area is 160 Å². The Morgan fingerprint density at radius 3 is 2.52 bits per heavy atom. The van der Waals surface area contributed by atoms with E-state index in [1.807, 2.05) is 37.3 Å². The lowest BCUT2D eigenvalue weighted by molar-refractivity contribution is -0.116. The summed E-state index contributed by atoms with van der Waals surface area (Å²) in [6, 6.07) is 16.1. The average molecular weight is 388 g/mol. The highest BCUT2D eigenvalue weighted by atomic mass is 32.2. The molecule has 1 aliphatic rings. The number of sulfonamides is 1. The van der Waals surface area contributed by atoms with Gasteiger partial charge < -0.3 is 10.1 Å². The van der Waals surface area contributed by atoms with Gasteiger partial charge in [-0.1, -0.05) is 30.3 Å². The molecular weight excluding hydrogens is 364 g/mol. The van der Waals surface area contributed by atoms with Crippen LogP contribution in [0, 0.1) is 0 Å². The summed E-state index contributed by atoms with van der Waals surface area (Å²) >= 11 is 0. The van der Waals surface area contributed by atoms with E-state index in [4.69, 9.17) is 4.74 Å². The maximum Gasteiger partial charge on any atom is 0.243 e. The van der Waals surface area contributed by atoms with Gasteiger partial charge in [-0.3, -0.25) is 4.79 Å². The van der Waals surface area contributed by atoms with Crippen LogP contribution in [0.15, 0.2) is 59.5 Å². The molecule has 0 spiro atoms. The number of anilines is 1. The van der Waals surface area contributed by atoms with Crippen molar-refractivity contribution in [2.45, 2.75) is 30.8 Å². The van der Waals surface area contributed by atoms with E-state index >= 15 is 0 Å². The number of morpholine rings is 1. The number of carbonyl (C=O) groups is 1. The predicted molar refractivity (Wildman–Crippen MR) is 104 cm³/mol.